The van der Waals surface area contributed by atoms with Crippen LogP contribution < -0.4 is 5.73 Å². The Labute approximate surface area is 82.6 Å². The van der Waals surface area contributed by atoms with Crippen LogP contribution in [0.4, 0.5) is 0 Å². The van der Waals surface area contributed by atoms with Gasteiger partial charge in [-0.25, -0.2) is 0 Å². The molecule has 7 N–H and O–H groups in total. The normalized spacial score (nSPS) is 10.9. The first-order valence-electron chi connectivity index (χ1n) is 3.90. The molecule has 0 unspecified atom stereocenters. The summed E-state index contributed by atoms with van der Waals surface area (Å²) in [5.74, 6) is -1.06. The molecule has 7 nitrogen and oxygen atoms in total. The highest BCUT2D eigenvalue weighted by atomic mass is 16.4. The minimum atomic E-state index is -1.36. The predicted molar refractivity (Wildman–Crippen MR) is 50.0 cm³/mol. The Hall–Kier alpha value is -0.600. The molecular formula is C5H14B2NO6. The van der Waals surface area contributed by atoms with Crippen molar-refractivity contribution in [3.8, 4) is 0 Å². The average molecular weight is 206 g/mol. The SMILES string of the molecule is N[C@@H](CCCB(O)O)C(=O)O.O[B]O. The van der Waals surface area contributed by atoms with Gasteiger partial charge in [-0.15, -0.1) is 0 Å². The summed E-state index contributed by atoms with van der Waals surface area (Å²) in [7, 11) is -1.36. The fourth-order valence-electron chi connectivity index (χ4n) is 0.644. The molecular weight excluding hydrogens is 192 g/mol. The van der Waals surface area contributed by atoms with Crippen molar-refractivity contribution >= 4 is 20.8 Å². The minimum absolute atomic E-state index is 0. The molecule has 81 valence electrons. The predicted octanol–water partition coefficient (Wildman–Crippen LogP) is -2.84. The Bertz CT molecular complexity index is 146. The highest BCUT2D eigenvalue weighted by Crippen LogP contribution is 2.00. The summed E-state index contributed by atoms with van der Waals surface area (Å²) in [5, 5.41) is 39.0. The lowest BCUT2D eigenvalue weighted by Gasteiger charge is -2.04. The standard InChI is InChI=1S/C5H12BNO4.BH2O2/c7-4(5(8)9)2-1-3-6(10)11;2-1-3/h4,10-11H,1-3,7H2,(H,8,9);2-3H/t4-;/m0./s1. The molecule has 0 aromatic carbocycles. The van der Waals surface area contributed by atoms with Crippen LogP contribution in [0.1, 0.15) is 12.8 Å². The van der Waals surface area contributed by atoms with E-state index >= 15 is 0 Å². The topological polar surface area (TPSA) is 144 Å². The summed E-state index contributed by atoms with van der Waals surface area (Å²) in [6.07, 6.45) is 0.846. The van der Waals surface area contributed by atoms with Gasteiger partial charge in [-0.2, -0.15) is 0 Å². The average Bonchev–Trinajstić information content (AvgIpc) is 2.04. The molecule has 0 aliphatic heterocycles. The number of aliphatic carboxylic acids is 1. The zero-order chi connectivity index (χ0) is 11.6. The zero-order valence-electron chi connectivity index (χ0n) is 7.58. The van der Waals surface area contributed by atoms with Crippen molar-refractivity contribution < 1.29 is 30.0 Å². The van der Waals surface area contributed by atoms with Crippen LogP contribution in [-0.2, 0) is 4.79 Å². The van der Waals surface area contributed by atoms with E-state index in [2.05, 4.69) is 0 Å². The third kappa shape index (κ3) is 14.0. The van der Waals surface area contributed by atoms with Gasteiger partial charge in [0.05, 0.1) is 0 Å². The first-order chi connectivity index (χ1) is 6.45. The Morgan fingerprint density at radius 3 is 2.14 bits per heavy atom. The molecule has 0 aromatic rings. The Kier molecular flexibility index (Phi) is 11.9. The molecule has 0 spiro atoms. The van der Waals surface area contributed by atoms with E-state index in [1.165, 1.54) is 0 Å². The maximum atomic E-state index is 10.1. The van der Waals surface area contributed by atoms with Crippen LogP contribution in [0, 0.1) is 0 Å². The molecule has 0 amide bonds. The van der Waals surface area contributed by atoms with E-state index in [9.17, 15) is 4.79 Å². The zero-order valence-corrected chi connectivity index (χ0v) is 7.58. The second kappa shape index (κ2) is 10.5. The number of carboxylic acid groups (broad SMARTS) is 1. The van der Waals surface area contributed by atoms with Gasteiger partial charge in [0.15, 0.2) is 0 Å². The van der Waals surface area contributed by atoms with Crippen molar-refractivity contribution in [1.29, 1.82) is 0 Å². The molecule has 0 rings (SSSR count). The number of rotatable bonds is 5. The van der Waals surface area contributed by atoms with E-state index in [0.717, 1.165) is 0 Å². The molecule has 0 fully saturated rings. The van der Waals surface area contributed by atoms with Gasteiger partial charge in [0, 0.05) is 0 Å². The quantitative estimate of drug-likeness (QED) is 0.265. The molecule has 0 aliphatic carbocycles. The van der Waals surface area contributed by atoms with Gasteiger partial charge in [-0.1, -0.05) is 6.42 Å². The van der Waals surface area contributed by atoms with Crippen molar-refractivity contribution in [2.24, 2.45) is 5.73 Å². The van der Waals surface area contributed by atoms with E-state index < -0.39 is 19.1 Å². The third-order valence-electron chi connectivity index (χ3n) is 1.29. The number of hydrogen-bond acceptors (Lipinski definition) is 6. The second-order valence-corrected chi connectivity index (χ2v) is 2.47. The molecule has 1 radical (unpaired) electrons. The molecule has 0 saturated heterocycles. The Morgan fingerprint density at radius 1 is 1.43 bits per heavy atom. The van der Waals surface area contributed by atoms with Gasteiger partial charge < -0.3 is 30.9 Å². The molecule has 0 bridgehead atoms. The molecule has 14 heavy (non-hydrogen) atoms. The van der Waals surface area contributed by atoms with E-state index in [1.54, 1.807) is 0 Å². The van der Waals surface area contributed by atoms with Crippen LogP contribution in [0.2, 0.25) is 6.32 Å². The number of carbonyl (C=O) groups is 1. The van der Waals surface area contributed by atoms with Crippen molar-refractivity contribution in [3.63, 3.8) is 0 Å². The number of hydrogen-bond donors (Lipinski definition) is 6. The van der Waals surface area contributed by atoms with E-state index in [-0.39, 0.29) is 20.4 Å². The van der Waals surface area contributed by atoms with Crippen molar-refractivity contribution in [2.45, 2.75) is 25.2 Å². The molecule has 0 heterocycles. The monoisotopic (exact) mass is 206 g/mol. The summed E-state index contributed by atoms with van der Waals surface area (Å²) < 4.78 is 0. The molecule has 9 heteroatoms. The Morgan fingerprint density at radius 2 is 1.86 bits per heavy atom. The van der Waals surface area contributed by atoms with E-state index in [1.807, 2.05) is 0 Å². The smallest absolute Gasteiger partial charge is 0.480 e. The first kappa shape index (κ1) is 15.9. The van der Waals surface area contributed by atoms with E-state index in [4.69, 9.17) is 30.9 Å². The fourth-order valence-corrected chi connectivity index (χ4v) is 0.644. The van der Waals surface area contributed by atoms with Crippen molar-refractivity contribution in [3.05, 3.63) is 0 Å². The van der Waals surface area contributed by atoms with Gasteiger partial charge in [0.2, 0.25) is 0 Å². The van der Waals surface area contributed by atoms with Crippen LogP contribution in [-0.4, -0.2) is 52.0 Å². The summed E-state index contributed by atoms with van der Waals surface area (Å²) in [5.41, 5.74) is 5.14. The lowest BCUT2D eigenvalue weighted by atomic mass is 9.83. The highest BCUT2D eigenvalue weighted by Gasteiger charge is 2.12. The van der Waals surface area contributed by atoms with Gasteiger partial charge in [0.25, 0.3) is 0 Å². The molecule has 0 saturated carbocycles. The van der Waals surface area contributed by atoms with Gasteiger partial charge in [-0.05, 0) is 12.7 Å². The van der Waals surface area contributed by atoms with Gasteiger partial charge >= 0.3 is 20.8 Å². The summed E-state index contributed by atoms with van der Waals surface area (Å²) in [4.78, 5) is 10.1. The second-order valence-electron chi connectivity index (χ2n) is 2.47. The van der Waals surface area contributed by atoms with Crippen LogP contribution >= 0.6 is 0 Å². The van der Waals surface area contributed by atoms with Crippen molar-refractivity contribution in [2.75, 3.05) is 0 Å². The maximum Gasteiger partial charge on any atom is 0.482 e. The van der Waals surface area contributed by atoms with Gasteiger partial charge in [0.1, 0.15) is 6.04 Å². The number of nitrogens with two attached hydrogens (primary N) is 1. The summed E-state index contributed by atoms with van der Waals surface area (Å²) in [6, 6.07) is -0.895. The molecule has 1 atom stereocenters. The highest BCUT2D eigenvalue weighted by molar-refractivity contribution is 6.40. The fraction of sp³-hybridized carbons (Fsp3) is 0.800. The molecule has 0 aliphatic rings. The summed E-state index contributed by atoms with van der Waals surface area (Å²) in [6.45, 7) is 0. The van der Waals surface area contributed by atoms with E-state index in [0.29, 0.717) is 6.42 Å². The largest absolute Gasteiger partial charge is 0.482 e. The van der Waals surface area contributed by atoms with Crippen LogP contribution in [0.25, 0.3) is 0 Å². The van der Waals surface area contributed by atoms with Crippen molar-refractivity contribution in [1.82, 2.24) is 0 Å². The lowest BCUT2D eigenvalue weighted by molar-refractivity contribution is -0.138. The lowest BCUT2D eigenvalue weighted by Crippen LogP contribution is -2.30. The minimum Gasteiger partial charge on any atom is -0.480 e. The van der Waals surface area contributed by atoms with Gasteiger partial charge in [-0.3, -0.25) is 4.79 Å². The maximum absolute atomic E-state index is 10.1. The van der Waals surface area contributed by atoms with Crippen LogP contribution in [0.3, 0.4) is 0 Å². The third-order valence-corrected chi connectivity index (χ3v) is 1.29. The first-order valence-corrected chi connectivity index (χ1v) is 3.90. The molecule has 0 aromatic heterocycles. The number of carboxylic acids is 1. The van der Waals surface area contributed by atoms with Crippen LogP contribution in [0.15, 0.2) is 0 Å². The summed E-state index contributed by atoms with van der Waals surface area (Å²) >= 11 is 0. The Balaban J connectivity index is 0. The van der Waals surface area contributed by atoms with Crippen LogP contribution in [0.5, 0.6) is 0 Å².